The van der Waals surface area contributed by atoms with E-state index in [1.54, 1.807) is 17.0 Å². The zero-order valence-electron chi connectivity index (χ0n) is 17.8. The monoisotopic (exact) mass is 479 g/mol. The van der Waals surface area contributed by atoms with E-state index in [0.717, 1.165) is 19.3 Å². The molecule has 32 heavy (non-hydrogen) atoms. The smallest absolute Gasteiger partial charge is 0.255 e. The second kappa shape index (κ2) is 9.87. The molecule has 0 bridgehead atoms. The summed E-state index contributed by atoms with van der Waals surface area (Å²) in [5.41, 5.74) is 0.832. The SMILES string of the molecule is O=C(c1cc(S(=O)(=O)N2CCCCC2)ccc1Cl)N1CCN(Cc2ccccc2F)CC1. The van der Waals surface area contributed by atoms with Crippen molar-refractivity contribution < 1.29 is 17.6 Å². The van der Waals surface area contributed by atoms with Gasteiger partial charge in [-0.1, -0.05) is 36.2 Å². The highest BCUT2D eigenvalue weighted by Gasteiger charge is 2.29. The van der Waals surface area contributed by atoms with Crippen molar-refractivity contribution in [1.29, 1.82) is 0 Å². The molecule has 0 atom stereocenters. The molecule has 2 aromatic rings. The van der Waals surface area contributed by atoms with E-state index in [1.807, 2.05) is 6.07 Å². The summed E-state index contributed by atoms with van der Waals surface area (Å²) in [6.45, 7) is 3.61. The summed E-state index contributed by atoms with van der Waals surface area (Å²) in [7, 11) is -3.65. The molecule has 2 heterocycles. The van der Waals surface area contributed by atoms with Crippen LogP contribution in [0.1, 0.15) is 35.2 Å². The lowest BCUT2D eigenvalue weighted by Crippen LogP contribution is -2.48. The van der Waals surface area contributed by atoms with Gasteiger partial charge in [0.2, 0.25) is 10.0 Å². The fourth-order valence-electron chi connectivity index (χ4n) is 4.23. The van der Waals surface area contributed by atoms with Crippen molar-refractivity contribution in [2.24, 2.45) is 0 Å². The maximum Gasteiger partial charge on any atom is 0.255 e. The van der Waals surface area contributed by atoms with Gasteiger partial charge in [-0.15, -0.1) is 0 Å². The number of benzene rings is 2. The van der Waals surface area contributed by atoms with E-state index < -0.39 is 10.0 Å². The molecule has 6 nitrogen and oxygen atoms in total. The molecule has 0 spiro atoms. The molecular weight excluding hydrogens is 453 g/mol. The number of hydrogen-bond acceptors (Lipinski definition) is 4. The number of halogens is 2. The van der Waals surface area contributed by atoms with Gasteiger partial charge in [-0.05, 0) is 37.1 Å². The van der Waals surface area contributed by atoms with Crippen molar-refractivity contribution in [3.63, 3.8) is 0 Å². The summed E-state index contributed by atoms with van der Waals surface area (Å²) < 4.78 is 41.4. The Balaban J connectivity index is 1.44. The standard InChI is InChI=1S/C23H27ClFN3O3S/c24-21-9-8-19(32(30,31)28-10-4-1-5-11-28)16-20(21)23(29)27-14-12-26(13-15-27)17-18-6-2-3-7-22(18)25/h2-3,6-9,16H,1,4-5,10-15,17H2. The summed E-state index contributed by atoms with van der Waals surface area (Å²) in [5, 5.41) is 0.237. The molecule has 2 aliphatic rings. The molecule has 0 radical (unpaired) electrons. The summed E-state index contributed by atoms with van der Waals surface area (Å²) >= 11 is 6.29. The molecule has 2 aliphatic heterocycles. The van der Waals surface area contributed by atoms with Crippen LogP contribution < -0.4 is 0 Å². The summed E-state index contributed by atoms with van der Waals surface area (Å²) in [6.07, 6.45) is 2.71. The van der Waals surface area contributed by atoms with Crippen LogP contribution in [0.4, 0.5) is 4.39 Å². The lowest BCUT2D eigenvalue weighted by molar-refractivity contribution is 0.0627. The molecule has 1 amide bonds. The first kappa shape index (κ1) is 23.2. The van der Waals surface area contributed by atoms with Gasteiger partial charge in [0.15, 0.2) is 0 Å². The largest absolute Gasteiger partial charge is 0.336 e. The molecular formula is C23H27ClFN3O3S. The van der Waals surface area contributed by atoms with Crippen LogP contribution in [0, 0.1) is 5.82 Å². The predicted molar refractivity (Wildman–Crippen MR) is 122 cm³/mol. The number of piperidine rings is 1. The van der Waals surface area contributed by atoms with E-state index in [0.29, 0.717) is 51.4 Å². The normalized spacial score (nSPS) is 18.6. The number of carbonyl (C=O) groups excluding carboxylic acids is 1. The first-order chi connectivity index (χ1) is 15.4. The third kappa shape index (κ3) is 4.98. The molecule has 0 saturated carbocycles. The Kier molecular flexibility index (Phi) is 7.14. The third-order valence-corrected chi connectivity index (χ3v) is 8.36. The Labute approximate surface area is 193 Å². The first-order valence-corrected chi connectivity index (χ1v) is 12.7. The average molecular weight is 480 g/mol. The molecule has 0 aliphatic carbocycles. The van der Waals surface area contributed by atoms with E-state index in [-0.39, 0.29) is 27.2 Å². The molecule has 2 saturated heterocycles. The highest BCUT2D eigenvalue weighted by atomic mass is 35.5. The highest BCUT2D eigenvalue weighted by molar-refractivity contribution is 7.89. The van der Waals surface area contributed by atoms with E-state index >= 15 is 0 Å². The Bertz CT molecular complexity index is 1080. The molecule has 0 N–H and O–H groups in total. The van der Waals surface area contributed by atoms with Crippen molar-refractivity contribution in [1.82, 2.24) is 14.1 Å². The van der Waals surface area contributed by atoms with Gasteiger partial charge in [0.05, 0.1) is 15.5 Å². The summed E-state index contributed by atoms with van der Waals surface area (Å²) in [5.74, 6) is -0.513. The Morgan fingerprint density at radius 1 is 0.938 bits per heavy atom. The maximum atomic E-state index is 13.9. The van der Waals surface area contributed by atoms with Gasteiger partial charge < -0.3 is 4.90 Å². The second-order valence-electron chi connectivity index (χ2n) is 8.27. The van der Waals surface area contributed by atoms with E-state index in [2.05, 4.69) is 4.90 Å². The van der Waals surface area contributed by atoms with Crippen LogP contribution in [-0.4, -0.2) is 67.7 Å². The predicted octanol–water partition coefficient (Wildman–Crippen LogP) is 3.61. The molecule has 172 valence electrons. The summed E-state index contributed by atoms with van der Waals surface area (Å²) in [4.78, 5) is 17.0. The quantitative estimate of drug-likeness (QED) is 0.657. The molecule has 2 fully saturated rings. The van der Waals surface area contributed by atoms with Gasteiger partial charge in [0.1, 0.15) is 5.82 Å². The Hall–Kier alpha value is -2.00. The van der Waals surface area contributed by atoms with Gasteiger partial charge in [-0.25, -0.2) is 12.8 Å². The number of rotatable bonds is 5. The van der Waals surface area contributed by atoms with Gasteiger partial charge >= 0.3 is 0 Å². The maximum absolute atomic E-state index is 13.9. The van der Waals surface area contributed by atoms with Gasteiger partial charge in [-0.3, -0.25) is 9.69 Å². The minimum atomic E-state index is -3.65. The number of hydrogen-bond donors (Lipinski definition) is 0. The van der Waals surface area contributed by atoms with Crippen molar-refractivity contribution in [2.45, 2.75) is 30.7 Å². The number of piperazine rings is 1. The number of nitrogens with zero attached hydrogens (tertiary/aromatic N) is 3. The van der Waals surface area contributed by atoms with E-state index in [1.165, 1.54) is 28.6 Å². The van der Waals surface area contributed by atoms with Crippen LogP contribution in [0.25, 0.3) is 0 Å². The molecule has 2 aromatic carbocycles. The Morgan fingerprint density at radius 3 is 2.31 bits per heavy atom. The van der Waals surface area contributed by atoms with E-state index in [4.69, 9.17) is 11.6 Å². The van der Waals surface area contributed by atoms with Crippen molar-refractivity contribution >= 4 is 27.5 Å². The number of sulfonamides is 1. The second-order valence-corrected chi connectivity index (χ2v) is 10.6. The van der Waals surface area contributed by atoms with Crippen molar-refractivity contribution in [2.75, 3.05) is 39.3 Å². The first-order valence-electron chi connectivity index (χ1n) is 10.9. The van der Waals surface area contributed by atoms with Crippen LogP contribution in [-0.2, 0) is 16.6 Å². The topological polar surface area (TPSA) is 60.9 Å². The van der Waals surface area contributed by atoms with Gasteiger partial charge in [0.25, 0.3) is 5.91 Å². The van der Waals surface area contributed by atoms with Crippen LogP contribution in [0.2, 0.25) is 5.02 Å². The highest BCUT2D eigenvalue weighted by Crippen LogP contribution is 2.26. The minimum absolute atomic E-state index is 0.102. The molecule has 0 aromatic heterocycles. The van der Waals surface area contributed by atoms with Crippen LogP contribution in [0.3, 0.4) is 0 Å². The van der Waals surface area contributed by atoms with Gasteiger partial charge in [0, 0.05) is 51.4 Å². The van der Waals surface area contributed by atoms with E-state index in [9.17, 15) is 17.6 Å². The van der Waals surface area contributed by atoms with Crippen LogP contribution in [0.15, 0.2) is 47.4 Å². The molecule has 4 rings (SSSR count). The fourth-order valence-corrected chi connectivity index (χ4v) is 5.97. The lowest BCUT2D eigenvalue weighted by Gasteiger charge is -2.35. The van der Waals surface area contributed by atoms with Crippen LogP contribution >= 0.6 is 11.6 Å². The minimum Gasteiger partial charge on any atom is -0.336 e. The lowest BCUT2D eigenvalue weighted by atomic mass is 10.1. The number of carbonyl (C=O) groups is 1. The zero-order valence-corrected chi connectivity index (χ0v) is 19.4. The fraction of sp³-hybridized carbons (Fsp3) is 0.435. The van der Waals surface area contributed by atoms with Crippen molar-refractivity contribution in [3.8, 4) is 0 Å². The molecule has 0 unspecified atom stereocenters. The Morgan fingerprint density at radius 2 is 1.62 bits per heavy atom. The van der Waals surface area contributed by atoms with Gasteiger partial charge in [-0.2, -0.15) is 4.31 Å². The number of amides is 1. The summed E-state index contributed by atoms with van der Waals surface area (Å²) in [6, 6.07) is 11.0. The average Bonchev–Trinajstić information content (AvgIpc) is 2.81. The third-order valence-electron chi connectivity index (χ3n) is 6.13. The van der Waals surface area contributed by atoms with Crippen LogP contribution in [0.5, 0.6) is 0 Å². The molecule has 9 heteroatoms. The zero-order chi connectivity index (χ0) is 22.7. The van der Waals surface area contributed by atoms with Crippen molar-refractivity contribution in [3.05, 3.63) is 64.4 Å².